The SMILES string of the molecule is C/C(=N\NC(=O)c1ccccn1)C1CCN(Cc2ccccc2Cl)CC1. The van der Waals surface area contributed by atoms with Gasteiger partial charge in [0, 0.05) is 29.4 Å². The zero-order valence-corrected chi connectivity index (χ0v) is 15.6. The summed E-state index contributed by atoms with van der Waals surface area (Å²) in [7, 11) is 0. The van der Waals surface area contributed by atoms with Crippen molar-refractivity contribution in [3.8, 4) is 0 Å². The second-order valence-electron chi connectivity index (χ2n) is 6.55. The zero-order valence-electron chi connectivity index (χ0n) is 14.9. The molecule has 1 amide bonds. The van der Waals surface area contributed by atoms with Crippen LogP contribution in [0.2, 0.25) is 5.02 Å². The number of benzene rings is 1. The molecule has 0 radical (unpaired) electrons. The summed E-state index contributed by atoms with van der Waals surface area (Å²) in [5.41, 5.74) is 5.12. The van der Waals surface area contributed by atoms with Crippen molar-refractivity contribution in [1.29, 1.82) is 0 Å². The number of amides is 1. The molecule has 1 fully saturated rings. The number of halogens is 1. The standard InChI is InChI=1S/C20H23ClN4O/c1-15(23-24-20(26)19-8-4-5-11-22-19)16-9-12-25(13-10-16)14-17-6-2-3-7-18(17)21/h2-8,11,16H,9-10,12-14H2,1H3,(H,24,26)/b23-15+. The van der Waals surface area contributed by atoms with Crippen molar-refractivity contribution in [2.24, 2.45) is 11.0 Å². The first-order chi connectivity index (χ1) is 12.6. The van der Waals surface area contributed by atoms with E-state index in [4.69, 9.17) is 11.6 Å². The lowest BCUT2D eigenvalue weighted by Crippen LogP contribution is -2.36. The van der Waals surface area contributed by atoms with Gasteiger partial charge in [-0.15, -0.1) is 0 Å². The van der Waals surface area contributed by atoms with Gasteiger partial charge >= 0.3 is 0 Å². The normalized spacial score (nSPS) is 16.5. The van der Waals surface area contributed by atoms with Crippen molar-refractivity contribution in [3.05, 3.63) is 64.9 Å². The van der Waals surface area contributed by atoms with Crippen molar-refractivity contribution in [3.63, 3.8) is 0 Å². The lowest BCUT2D eigenvalue weighted by molar-refractivity contribution is 0.0949. The quantitative estimate of drug-likeness (QED) is 0.644. The molecule has 1 aliphatic rings. The van der Waals surface area contributed by atoms with E-state index in [1.54, 1.807) is 24.4 Å². The van der Waals surface area contributed by atoms with Gasteiger partial charge in [0.05, 0.1) is 0 Å². The van der Waals surface area contributed by atoms with Gasteiger partial charge in [-0.05, 0) is 56.6 Å². The van der Waals surface area contributed by atoms with E-state index in [-0.39, 0.29) is 5.91 Å². The van der Waals surface area contributed by atoms with E-state index in [9.17, 15) is 4.79 Å². The molecule has 0 aliphatic carbocycles. The molecule has 1 N–H and O–H groups in total. The van der Waals surface area contributed by atoms with Crippen LogP contribution >= 0.6 is 11.6 Å². The summed E-state index contributed by atoms with van der Waals surface area (Å²) < 4.78 is 0. The van der Waals surface area contributed by atoms with Gasteiger partial charge in [-0.3, -0.25) is 14.7 Å². The second-order valence-corrected chi connectivity index (χ2v) is 6.96. The first-order valence-corrected chi connectivity index (χ1v) is 9.22. The molecule has 6 heteroatoms. The van der Waals surface area contributed by atoms with E-state index < -0.39 is 0 Å². The van der Waals surface area contributed by atoms with Crippen LogP contribution in [0.1, 0.15) is 35.8 Å². The third-order valence-electron chi connectivity index (χ3n) is 4.76. The van der Waals surface area contributed by atoms with Gasteiger partial charge in [-0.2, -0.15) is 5.10 Å². The Morgan fingerprint density at radius 1 is 1.23 bits per heavy atom. The Kier molecular flexibility index (Phi) is 6.36. The predicted molar refractivity (Wildman–Crippen MR) is 104 cm³/mol. The van der Waals surface area contributed by atoms with E-state index in [0.717, 1.165) is 43.2 Å². The van der Waals surface area contributed by atoms with Gasteiger partial charge in [0.2, 0.25) is 0 Å². The van der Waals surface area contributed by atoms with Crippen molar-refractivity contribution in [2.45, 2.75) is 26.3 Å². The summed E-state index contributed by atoms with van der Waals surface area (Å²) in [6, 6.07) is 13.2. The summed E-state index contributed by atoms with van der Waals surface area (Å²) in [6.07, 6.45) is 3.65. The molecule has 1 aromatic heterocycles. The van der Waals surface area contributed by atoms with Crippen molar-refractivity contribution in [2.75, 3.05) is 13.1 Å². The average molecular weight is 371 g/mol. The second kappa shape index (κ2) is 8.92. The number of pyridine rings is 1. The minimum absolute atomic E-state index is 0.277. The number of carbonyl (C=O) groups is 1. The van der Waals surface area contributed by atoms with E-state index in [1.165, 1.54) is 5.56 Å². The Balaban J connectivity index is 1.49. The lowest BCUT2D eigenvalue weighted by atomic mass is 9.92. The largest absolute Gasteiger partial charge is 0.299 e. The summed E-state index contributed by atoms with van der Waals surface area (Å²) >= 11 is 6.25. The maximum absolute atomic E-state index is 12.0. The van der Waals surface area contributed by atoms with Crippen LogP contribution in [0.4, 0.5) is 0 Å². The van der Waals surface area contributed by atoms with Crippen LogP contribution in [-0.4, -0.2) is 34.6 Å². The molecule has 1 aromatic carbocycles. The highest BCUT2D eigenvalue weighted by Gasteiger charge is 2.22. The molecule has 3 rings (SSSR count). The Morgan fingerprint density at radius 3 is 2.65 bits per heavy atom. The van der Waals surface area contributed by atoms with E-state index in [2.05, 4.69) is 26.5 Å². The van der Waals surface area contributed by atoms with Crippen LogP contribution in [0.5, 0.6) is 0 Å². The third-order valence-corrected chi connectivity index (χ3v) is 5.13. The smallest absolute Gasteiger partial charge is 0.289 e. The summed E-state index contributed by atoms with van der Waals surface area (Å²) in [4.78, 5) is 18.5. The molecule has 26 heavy (non-hydrogen) atoms. The Morgan fingerprint density at radius 2 is 1.96 bits per heavy atom. The molecular weight excluding hydrogens is 348 g/mol. The number of rotatable bonds is 5. The van der Waals surface area contributed by atoms with Crippen LogP contribution in [0.3, 0.4) is 0 Å². The van der Waals surface area contributed by atoms with E-state index in [1.807, 2.05) is 25.1 Å². The number of piperidine rings is 1. The number of hydrogen-bond donors (Lipinski definition) is 1. The number of nitrogens with one attached hydrogen (secondary N) is 1. The Bertz CT molecular complexity index is 770. The maximum atomic E-state index is 12.0. The third kappa shape index (κ3) is 4.90. The van der Waals surface area contributed by atoms with Gasteiger partial charge < -0.3 is 0 Å². The number of carbonyl (C=O) groups excluding carboxylic acids is 1. The molecule has 5 nitrogen and oxygen atoms in total. The van der Waals surface area contributed by atoms with Crippen molar-refractivity contribution < 1.29 is 4.79 Å². The molecule has 136 valence electrons. The number of aromatic nitrogens is 1. The summed E-state index contributed by atoms with van der Waals surface area (Å²) in [5.74, 6) is 0.114. The highest BCUT2D eigenvalue weighted by atomic mass is 35.5. The van der Waals surface area contributed by atoms with Gasteiger partial charge in [0.1, 0.15) is 5.69 Å². The molecule has 1 saturated heterocycles. The molecule has 0 bridgehead atoms. The fourth-order valence-electron chi connectivity index (χ4n) is 3.16. The maximum Gasteiger partial charge on any atom is 0.289 e. The highest BCUT2D eigenvalue weighted by Crippen LogP contribution is 2.23. The number of hydrazone groups is 1. The number of hydrogen-bond acceptors (Lipinski definition) is 4. The molecule has 1 aliphatic heterocycles. The first kappa shape index (κ1) is 18.5. The van der Waals surface area contributed by atoms with Gasteiger partial charge in [-0.25, -0.2) is 5.43 Å². The molecule has 0 atom stereocenters. The van der Waals surface area contributed by atoms with Crippen molar-refractivity contribution >= 4 is 23.2 Å². The van der Waals surface area contributed by atoms with Crippen LogP contribution in [0, 0.1) is 5.92 Å². The summed E-state index contributed by atoms with van der Waals surface area (Å²) in [5, 5.41) is 5.11. The van der Waals surface area contributed by atoms with Crippen LogP contribution < -0.4 is 5.43 Å². The van der Waals surface area contributed by atoms with Gasteiger partial charge in [-0.1, -0.05) is 35.9 Å². The van der Waals surface area contributed by atoms with E-state index in [0.29, 0.717) is 11.6 Å². The monoisotopic (exact) mass is 370 g/mol. The molecule has 0 saturated carbocycles. The molecule has 2 aromatic rings. The van der Waals surface area contributed by atoms with E-state index >= 15 is 0 Å². The molecule has 0 unspecified atom stereocenters. The molecule has 2 heterocycles. The number of nitrogens with zero attached hydrogens (tertiary/aromatic N) is 3. The fraction of sp³-hybridized carbons (Fsp3) is 0.350. The molecular formula is C20H23ClN4O. The minimum Gasteiger partial charge on any atom is -0.299 e. The zero-order chi connectivity index (χ0) is 18.4. The topological polar surface area (TPSA) is 57.6 Å². The lowest BCUT2D eigenvalue weighted by Gasteiger charge is -2.32. The first-order valence-electron chi connectivity index (χ1n) is 8.85. The van der Waals surface area contributed by atoms with Crippen LogP contribution in [0.25, 0.3) is 0 Å². The molecule has 0 spiro atoms. The average Bonchev–Trinajstić information content (AvgIpc) is 2.69. The van der Waals surface area contributed by atoms with Crippen molar-refractivity contribution in [1.82, 2.24) is 15.3 Å². The minimum atomic E-state index is -0.277. The number of likely N-dealkylation sites (tertiary alicyclic amines) is 1. The fourth-order valence-corrected chi connectivity index (χ4v) is 3.36. The summed E-state index contributed by atoms with van der Waals surface area (Å²) in [6.45, 7) is 4.85. The van der Waals surface area contributed by atoms with Crippen LogP contribution in [0.15, 0.2) is 53.8 Å². The Hall–Kier alpha value is -2.24. The highest BCUT2D eigenvalue weighted by molar-refractivity contribution is 6.31. The Labute approximate surface area is 159 Å². The van der Waals surface area contributed by atoms with Crippen LogP contribution in [-0.2, 0) is 6.54 Å². The predicted octanol–water partition coefficient (Wildman–Crippen LogP) is 3.75. The van der Waals surface area contributed by atoms with Gasteiger partial charge in [0.25, 0.3) is 5.91 Å². The van der Waals surface area contributed by atoms with Gasteiger partial charge in [0.15, 0.2) is 0 Å².